The molecule has 1 aromatic carbocycles. The Kier molecular flexibility index (Phi) is 4.67. The highest BCUT2D eigenvalue weighted by Crippen LogP contribution is 2.48. The fourth-order valence-corrected chi connectivity index (χ4v) is 4.51. The van der Waals surface area contributed by atoms with Crippen LogP contribution in [-0.4, -0.2) is 45.3 Å². The zero-order valence-corrected chi connectivity index (χ0v) is 16.4. The Labute approximate surface area is 171 Å². The van der Waals surface area contributed by atoms with Gasteiger partial charge in [0.1, 0.15) is 11.6 Å². The van der Waals surface area contributed by atoms with Crippen molar-refractivity contribution in [3.05, 3.63) is 54.0 Å². The zero-order chi connectivity index (χ0) is 20.9. The molecule has 1 aliphatic heterocycles. The summed E-state index contributed by atoms with van der Waals surface area (Å²) in [4.78, 5) is 14.6. The van der Waals surface area contributed by atoms with Crippen LogP contribution in [0.4, 0.5) is 13.2 Å². The Balaban J connectivity index is 1.17. The number of piperidine rings is 1. The molecule has 0 spiro atoms. The number of hydrogen-bond donors (Lipinski definition) is 2. The maximum atomic E-state index is 12.6. The number of imidazole rings is 1. The normalized spacial score (nSPS) is 24.7. The van der Waals surface area contributed by atoms with Crippen LogP contribution in [0.1, 0.15) is 24.4 Å². The number of ether oxygens (including phenoxy) is 1. The summed E-state index contributed by atoms with van der Waals surface area (Å²) in [6.45, 7) is 4.37. The van der Waals surface area contributed by atoms with Gasteiger partial charge in [-0.15, -0.1) is 13.2 Å². The van der Waals surface area contributed by atoms with Gasteiger partial charge < -0.3 is 15.0 Å². The van der Waals surface area contributed by atoms with Crippen molar-refractivity contribution in [2.45, 2.75) is 31.9 Å². The molecule has 0 amide bonds. The molecule has 2 fully saturated rings. The third-order valence-corrected chi connectivity index (χ3v) is 6.17. The number of rotatable bonds is 6. The summed E-state index contributed by atoms with van der Waals surface area (Å²) < 4.78 is 41.9. The number of benzene rings is 1. The van der Waals surface area contributed by atoms with Gasteiger partial charge >= 0.3 is 6.36 Å². The maximum absolute atomic E-state index is 12.6. The molecule has 1 saturated carbocycles. The summed E-state index contributed by atoms with van der Waals surface area (Å²) in [5.41, 5.74) is 2.17. The van der Waals surface area contributed by atoms with Crippen molar-refractivity contribution < 1.29 is 17.9 Å². The van der Waals surface area contributed by atoms with Gasteiger partial charge in [-0.25, -0.2) is 9.97 Å². The fourth-order valence-electron chi connectivity index (χ4n) is 4.51. The molecule has 2 N–H and O–H groups in total. The maximum Gasteiger partial charge on any atom is 0.573 e. The van der Waals surface area contributed by atoms with Crippen LogP contribution in [0.15, 0.2) is 42.6 Å². The van der Waals surface area contributed by atoms with E-state index in [0.717, 1.165) is 30.1 Å². The number of aromatic nitrogens is 3. The van der Waals surface area contributed by atoms with Crippen LogP contribution in [0.25, 0.3) is 11.2 Å². The number of alkyl halides is 3. The summed E-state index contributed by atoms with van der Waals surface area (Å²) in [6.07, 6.45) is -2.95. The van der Waals surface area contributed by atoms with Gasteiger partial charge in [-0.1, -0.05) is 18.2 Å². The highest BCUT2D eigenvalue weighted by molar-refractivity contribution is 5.70. The number of para-hydroxylation sites is 1. The van der Waals surface area contributed by atoms with Crippen LogP contribution in [0.2, 0.25) is 0 Å². The number of hydrogen-bond acceptors (Lipinski definition) is 5. The molecule has 2 aliphatic rings. The number of pyridine rings is 1. The number of halogens is 3. The van der Waals surface area contributed by atoms with Crippen molar-refractivity contribution in [1.29, 1.82) is 0 Å². The SMILES string of the molecule is CC(c1nc2ncccc2[nH]1)N1C[C@@H]2C(NCc3ccccc3OC(F)(F)F)[C@@H]2C1. The lowest BCUT2D eigenvalue weighted by atomic mass is 10.2. The van der Waals surface area contributed by atoms with E-state index in [4.69, 9.17) is 0 Å². The summed E-state index contributed by atoms with van der Waals surface area (Å²) in [6, 6.07) is 10.6. The first-order valence-electron chi connectivity index (χ1n) is 10.0. The van der Waals surface area contributed by atoms with Crippen LogP contribution < -0.4 is 10.1 Å². The van der Waals surface area contributed by atoms with Crippen molar-refractivity contribution >= 4 is 11.2 Å². The third-order valence-electron chi connectivity index (χ3n) is 6.17. The van der Waals surface area contributed by atoms with E-state index in [0.29, 0.717) is 30.0 Å². The van der Waals surface area contributed by atoms with E-state index < -0.39 is 6.36 Å². The van der Waals surface area contributed by atoms with Crippen molar-refractivity contribution in [3.8, 4) is 5.75 Å². The van der Waals surface area contributed by atoms with E-state index in [1.165, 1.54) is 6.07 Å². The lowest BCUT2D eigenvalue weighted by Crippen LogP contribution is -2.33. The number of nitrogens with one attached hydrogen (secondary N) is 2. The molecule has 30 heavy (non-hydrogen) atoms. The minimum atomic E-state index is -4.69. The molecule has 1 aliphatic carbocycles. The van der Waals surface area contributed by atoms with E-state index >= 15 is 0 Å². The molecular formula is C21H22F3N5O. The third kappa shape index (κ3) is 3.75. The number of aromatic amines is 1. The van der Waals surface area contributed by atoms with E-state index in [1.807, 2.05) is 12.1 Å². The van der Waals surface area contributed by atoms with Crippen molar-refractivity contribution in [3.63, 3.8) is 0 Å². The lowest BCUT2D eigenvalue weighted by Gasteiger charge is -2.25. The molecule has 3 heterocycles. The number of likely N-dealkylation sites (tertiary alicyclic amines) is 1. The summed E-state index contributed by atoms with van der Waals surface area (Å²) in [7, 11) is 0. The predicted octanol–water partition coefficient (Wildman–Crippen LogP) is 3.64. The smallest absolute Gasteiger partial charge is 0.405 e. The molecule has 0 bridgehead atoms. The van der Waals surface area contributed by atoms with E-state index in [1.54, 1.807) is 24.4 Å². The lowest BCUT2D eigenvalue weighted by molar-refractivity contribution is -0.274. The van der Waals surface area contributed by atoms with Crippen LogP contribution in [0, 0.1) is 11.8 Å². The van der Waals surface area contributed by atoms with Crippen molar-refractivity contribution in [2.24, 2.45) is 11.8 Å². The summed E-state index contributed by atoms with van der Waals surface area (Å²) in [5, 5.41) is 3.41. The van der Waals surface area contributed by atoms with E-state index in [2.05, 4.69) is 36.8 Å². The van der Waals surface area contributed by atoms with E-state index in [-0.39, 0.29) is 11.8 Å². The largest absolute Gasteiger partial charge is 0.573 e. The average Bonchev–Trinajstić information content (AvgIpc) is 3.07. The van der Waals surface area contributed by atoms with Gasteiger partial charge in [-0.3, -0.25) is 4.90 Å². The highest BCUT2D eigenvalue weighted by atomic mass is 19.4. The van der Waals surface area contributed by atoms with Crippen LogP contribution in [0.5, 0.6) is 5.75 Å². The minimum absolute atomic E-state index is 0.142. The molecule has 2 aromatic heterocycles. The van der Waals surface area contributed by atoms with Gasteiger partial charge in [0.05, 0.1) is 11.6 Å². The Morgan fingerprint density at radius 2 is 1.97 bits per heavy atom. The first-order valence-corrected chi connectivity index (χ1v) is 10.0. The first kappa shape index (κ1) is 19.3. The molecule has 1 saturated heterocycles. The predicted molar refractivity (Wildman–Crippen MR) is 105 cm³/mol. The molecule has 0 radical (unpaired) electrons. The number of nitrogens with zero attached hydrogens (tertiary/aromatic N) is 3. The Bertz CT molecular complexity index is 1010. The Morgan fingerprint density at radius 3 is 2.70 bits per heavy atom. The molecular weight excluding hydrogens is 395 g/mol. The topological polar surface area (TPSA) is 66.1 Å². The van der Waals surface area contributed by atoms with Gasteiger partial charge in [-0.2, -0.15) is 0 Å². The van der Waals surface area contributed by atoms with Crippen molar-refractivity contribution in [1.82, 2.24) is 25.2 Å². The van der Waals surface area contributed by atoms with Crippen molar-refractivity contribution in [2.75, 3.05) is 13.1 Å². The van der Waals surface area contributed by atoms with Gasteiger partial charge in [0, 0.05) is 37.4 Å². The second kappa shape index (κ2) is 7.24. The number of fused-ring (bicyclic) bond motifs is 2. The Morgan fingerprint density at radius 1 is 1.20 bits per heavy atom. The fraction of sp³-hybridized carbons (Fsp3) is 0.429. The standard InChI is InChI=1S/C21H22F3N5O/c1-12(19-27-16-6-4-8-25-20(16)28-19)29-10-14-15(11-29)18(14)26-9-13-5-2-3-7-17(13)30-21(22,23)24/h2-8,12,14-15,18,26H,9-11H2,1H3,(H,25,27,28)/t12?,14-,15+,18?. The zero-order valence-electron chi connectivity index (χ0n) is 16.4. The molecule has 4 atom stereocenters. The monoisotopic (exact) mass is 417 g/mol. The van der Waals surface area contributed by atoms with Gasteiger partial charge in [0.15, 0.2) is 5.65 Å². The average molecular weight is 417 g/mol. The minimum Gasteiger partial charge on any atom is -0.405 e. The highest BCUT2D eigenvalue weighted by Gasteiger charge is 2.56. The second-order valence-electron chi connectivity index (χ2n) is 8.02. The quantitative estimate of drug-likeness (QED) is 0.641. The van der Waals surface area contributed by atoms with Crippen LogP contribution in [-0.2, 0) is 6.54 Å². The molecule has 2 unspecified atom stereocenters. The summed E-state index contributed by atoms with van der Waals surface area (Å²) in [5.74, 6) is 1.78. The van der Waals surface area contributed by atoms with Crippen LogP contribution in [0.3, 0.4) is 0 Å². The van der Waals surface area contributed by atoms with Gasteiger partial charge in [0.25, 0.3) is 0 Å². The van der Waals surface area contributed by atoms with Crippen LogP contribution >= 0.6 is 0 Å². The van der Waals surface area contributed by atoms with Gasteiger partial charge in [0.2, 0.25) is 0 Å². The molecule has 9 heteroatoms. The summed E-state index contributed by atoms with van der Waals surface area (Å²) >= 11 is 0. The molecule has 3 aromatic rings. The number of H-pyrrole nitrogens is 1. The molecule has 158 valence electrons. The first-order chi connectivity index (χ1) is 14.4. The molecule has 5 rings (SSSR count). The second-order valence-corrected chi connectivity index (χ2v) is 8.02. The van der Waals surface area contributed by atoms with E-state index in [9.17, 15) is 13.2 Å². The Hall–Kier alpha value is -2.65. The van der Waals surface area contributed by atoms with Gasteiger partial charge in [-0.05, 0) is 37.0 Å². The molecule has 6 nitrogen and oxygen atoms in total.